The lowest BCUT2D eigenvalue weighted by Crippen LogP contribution is -2.55. The van der Waals surface area contributed by atoms with Gasteiger partial charge in [-0.1, -0.05) is 0 Å². The van der Waals surface area contributed by atoms with Gasteiger partial charge < -0.3 is 9.88 Å². The van der Waals surface area contributed by atoms with Gasteiger partial charge in [0, 0.05) is 37.3 Å². The number of imidazole rings is 1. The number of nitrogens with zero attached hydrogens (tertiary/aromatic N) is 3. The maximum atomic E-state index is 12.7. The van der Waals surface area contributed by atoms with Crippen LogP contribution in [0.5, 0.6) is 0 Å². The summed E-state index contributed by atoms with van der Waals surface area (Å²) >= 11 is 0. The lowest BCUT2D eigenvalue weighted by atomic mass is 9.79. The smallest absolute Gasteiger partial charge is 0.348 e. The fourth-order valence-electron chi connectivity index (χ4n) is 4.27. The summed E-state index contributed by atoms with van der Waals surface area (Å²) in [7, 11) is 2.09. The van der Waals surface area contributed by atoms with E-state index >= 15 is 0 Å². The van der Waals surface area contributed by atoms with Crippen molar-refractivity contribution in [3.05, 3.63) is 53.1 Å². The highest BCUT2D eigenvalue weighted by Gasteiger charge is 2.45. The number of rotatable bonds is 1. The number of aromatic amines is 1. The number of nitrogens with one attached hydrogen (secondary N) is 1. The molecule has 0 saturated carbocycles. The SMILES string of the molecule is CN1CCc2[nH]cnc2C12CCN(C(=O)c1ccc(C(F)(F)F)cc1)CC2. The molecule has 1 aromatic heterocycles. The molecule has 2 aromatic rings. The van der Waals surface area contributed by atoms with Crippen LogP contribution in [0.1, 0.15) is 40.2 Å². The average molecular weight is 378 g/mol. The summed E-state index contributed by atoms with van der Waals surface area (Å²) in [5.41, 5.74) is 1.60. The first-order chi connectivity index (χ1) is 12.8. The van der Waals surface area contributed by atoms with Gasteiger partial charge >= 0.3 is 6.18 Å². The number of hydrogen-bond donors (Lipinski definition) is 1. The molecule has 3 heterocycles. The Morgan fingerprint density at radius 3 is 2.44 bits per heavy atom. The van der Waals surface area contributed by atoms with Gasteiger partial charge in [-0.2, -0.15) is 13.2 Å². The van der Waals surface area contributed by atoms with Crippen molar-refractivity contribution in [1.29, 1.82) is 0 Å². The second-order valence-corrected chi connectivity index (χ2v) is 7.30. The number of likely N-dealkylation sites (N-methyl/N-ethyl adjacent to an activating group) is 1. The molecule has 144 valence electrons. The standard InChI is InChI=1S/C19H21F3N4O/c1-25-9-6-15-16(24-12-23-15)18(25)7-10-26(11-8-18)17(27)13-2-4-14(5-3-13)19(20,21)22/h2-5,12H,6-11H2,1H3,(H,23,24). The van der Waals surface area contributed by atoms with E-state index in [2.05, 4.69) is 21.9 Å². The van der Waals surface area contributed by atoms with Crippen molar-refractivity contribution in [2.45, 2.75) is 31.0 Å². The molecule has 1 N–H and O–H groups in total. The topological polar surface area (TPSA) is 52.2 Å². The summed E-state index contributed by atoms with van der Waals surface area (Å²) in [5, 5.41) is 0. The number of carbonyl (C=O) groups is 1. The summed E-state index contributed by atoms with van der Waals surface area (Å²) in [6.45, 7) is 2.04. The molecule has 0 atom stereocenters. The first kappa shape index (κ1) is 18.0. The van der Waals surface area contributed by atoms with Crippen molar-refractivity contribution in [3.63, 3.8) is 0 Å². The fraction of sp³-hybridized carbons (Fsp3) is 0.474. The number of piperidine rings is 1. The Labute approximate surface area is 155 Å². The van der Waals surface area contributed by atoms with Crippen LogP contribution < -0.4 is 0 Å². The Morgan fingerprint density at radius 2 is 1.81 bits per heavy atom. The van der Waals surface area contributed by atoms with E-state index in [4.69, 9.17) is 0 Å². The van der Waals surface area contributed by atoms with Crippen LogP contribution in [0.2, 0.25) is 0 Å². The van der Waals surface area contributed by atoms with Crippen LogP contribution in [0.15, 0.2) is 30.6 Å². The second-order valence-electron chi connectivity index (χ2n) is 7.30. The first-order valence-electron chi connectivity index (χ1n) is 9.02. The minimum atomic E-state index is -4.40. The molecule has 8 heteroatoms. The molecular formula is C19H21F3N4O. The van der Waals surface area contributed by atoms with E-state index in [9.17, 15) is 18.0 Å². The number of carbonyl (C=O) groups excluding carboxylic acids is 1. The number of amides is 1. The number of fused-ring (bicyclic) bond motifs is 2. The monoisotopic (exact) mass is 378 g/mol. The van der Waals surface area contributed by atoms with Crippen molar-refractivity contribution < 1.29 is 18.0 Å². The molecule has 1 saturated heterocycles. The third-order valence-corrected chi connectivity index (χ3v) is 5.92. The van der Waals surface area contributed by atoms with Gasteiger partial charge in [-0.15, -0.1) is 0 Å². The third kappa shape index (κ3) is 3.01. The molecule has 0 unspecified atom stereocenters. The fourth-order valence-corrected chi connectivity index (χ4v) is 4.27. The predicted octanol–water partition coefficient (Wildman–Crippen LogP) is 3.05. The molecule has 1 fully saturated rings. The van der Waals surface area contributed by atoms with E-state index in [1.54, 1.807) is 11.2 Å². The Morgan fingerprint density at radius 1 is 1.15 bits per heavy atom. The summed E-state index contributed by atoms with van der Waals surface area (Å²) < 4.78 is 38.1. The number of aromatic nitrogens is 2. The molecule has 1 amide bonds. The van der Waals surface area contributed by atoms with Crippen LogP contribution in [-0.4, -0.2) is 52.4 Å². The van der Waals surface area contributed by atoms with Gasteiger partial charge in [-0.3, -0.25) is 9.69 Å². The molecule has 5 nitrogen and oxygen atoms in total. The summed E-state index contributed by atoms with van der Waals surface area (Å²) in [6.07, 6.45) is -0.222. The number of hydrogen-bond acceptors (Lipinski definition) is 3. The van der Waals surface area contributed by atoms with Crippen LogP contribution >= 0.6 is 0 Å². The van der Waals surface area contributed by atoms with Crippen molar-refractivity contribution >= 4 is 5.91 Å². The van der Waals surface area contributed by atoms with Gasteiger partial charge in [-0.25, -0.2) is 4.98 Å². The lowest BCUT2D eigenvalue weighted by molar-refractivity contribution is -0.137. The molecule has 2 aliphatic rings. The molecule has 0 bridgehead atoms. The van der Waals surface area contributed by atoms with Crippen LogP contribution in [0.4, 0.5) is 13.2 Å². The molecular weight excluding hydrogens is 357 g/mol. The van der Waals surface area contributed by atoms with Crippen molar-refractivity contribution in [3.8, 4) is 0 Å². The quantitative estimate of drug-likeness (QED) is 0.830. The van der Waals surface area contributed by atoms with E-state index < -0.39 is 11.7 Å². The predicted molar refractivity (Wildman–Crippen MR) is 93.2 cm³/mol. The summed E-state index contributed by atoms with van der Waals surface area (Å²) in [4.78, 5) is 24.5. The highest BCUT2D eigenvalue weighted by Crippen LogP contribution is 2.41. The molecule has 27 heavy (non-hydrogen) atoms. The molecule has 0 radical (unpaired) electrons. The first-order valence-corrected chi connectivity index (χ1v) is 9.02. The Kier molecular flexibility index (Phi) is 4.25. The van der Waals surface area contributed by atoms with Gasteiger partial charge in [0.15, 0.2) is 0 Å². The zero-order valence-electron chi connectivity index (χ0n) is 15.0. The minimum Gasteiger partial charge on any atom is -0.348 e. The average Bonchev–Trinajstić information content (AvgIpc) is 3.14. The number of halogens is 3. The maximum Gasteiger partial charge on any atom is 0.416 e. The van der Waals surface area contributed by atoms with Crippen LogP contribution in [0, 0.1) is 0 Å². The molecule has 0 aliphatic carbocycles. The Balaban J connectivity index is 1.49. The molecule has 1 aromatic carbocycles. The summed E-state index contributed by atoms with van der Waals surface area (Å²) in [5.74, 6) is -0.223. The van der Waals surface area contributed by atoms with Crippen LogP contribution in [-0.2, 0) is 18.1 Å². The Hall–Kier alpha value is -2.35. The van der Waals surface area contributed by atoms with E-state index in [0.29, 0.717) is 13.1 Å². The van der Waals surface area contributed by atoms with E-state index in [1.165, 1.54) is 12.1 Å². The second kappa shape index (κ2) is 6.37. The van der Waals surface area contributed by atoms with Gasteiger partial charge in [0.05, 0.1) is 23.1 Å². The van der Waals surface area contributed by atoms with Gasteiger partial charge in [0.2, 0.25) is 0 Å². The van der Waals surface area contributed by atoms with Gasteiger partial charge in [-0.05, 0) is 44.2 Å². The number of likely N-dealkylation sites (tertiary alicyclic amines) is 1. The van der Waals surface area contributed by atoms with Gasteiger partial charge in [0.25, 0.3) is 5.91 Å². The minimum absolute atomic E-state index is 0.176. The third-order valence-electron chi connectivity index (χ3n) is 5.92. The largest absolute Gasteiger partial charge is 0.416 e. The van der Waals surface area contributed by atoms with Crippen molar-refractivity contribution in [1.82, 2.24) is 19.8 Å². The summed E-state index contributed by atoms with van der Waals surface area (Å²) in [6, 6.07) is 4.44. The maximum absolute atomic E-state index is 12.7. The molecule has 4 rings (SSSR count). The number of alkyl halides is 3. The number of H-pyrrole nitrogens is 1. The van der Waals surface area contributed by atoms with Crippen LogP contribution in [0.3, 0.4) is 0 Å². The van der Waals surface area contributed by atoms with Gasteiger partial charge in [0.1, 0.15) is 0 Å². The number of benzene rings is 1. The van der Waals surface area contributed by atoms with E-state index in [0.717, 1.165) is 49.3 Å². The zero-order chi connectivity index (χ0) is 19.2. The normalized spacial score (nSPS) is 19.9. The zero-order valence-corrected chi connectivity index (χ0v) is 15.0. The van der Waals surface area contributed by atoms with E-state index in [-0.39, 0.29) is 17.0 Å². The van der Waals surface area contributed by atoms with Crippen molar-refractivity contribution in [2.75, 3.05) is 26.7 Å². The lowest BCUT2D eigenvalue weighted by Gasteiger charge is -2.49. The van der Waals surface area contributed by atoms with Crippen LogP contribution in [0.25, 0.3) is 0 Å². The Bertz CT molecular complexity index is 835. The molecule has 2 aliphatic heterocycles. The highest BCUT2D eigenvalue weighted by atomic mass is 19.4. The van der Waals surface area contributed by atoms with E-state index in [1.807, 2.05) is 0 Å². The van der Waals surface area contributed by atoms with Crippen molar-refractivity contribution in [2.24, 2.45) is 0 Å². The molecule has 1 spiro atoms. The highest BCUT2D eigenvalue weighted by molar-refractivity contribution is 5.94.